The van der Waals surface area contributed by atoms with Gasteiger partial charge in [-0.15, -0.1) is 0 Å². The van der Waals surface area contributed by atoms with Gasteiger partial charge in [-0.05, 0) is 96.3 Å². The summed E-state index contributed by atoms with van der Waals surface area (Å²) in [4.78, 5) is 38.4. The van der Waals surface area contributed by atoms with Gasteiger partial charge >= 0.3 is 17.9 Å². The number of ether oxygens (including phenoxy) is 3. The molecule has 0 N–H and O–H groups in total. The fourth-order valence-corrected chi connectivity index (χ4v) is 10.0. The van der Waals surface area contributed by atoms with Gasteiger partial charge in [0.1, 0.15) is 13.2 Å². The van der Waals surface area contributed by atoms with Crippen molar-refractivity contribution in [1.29, 1.82) is 0 Å². The lowest BCUT2D eigenvalue weighted by Gasteiger charge is -2.18. The van der Waals surface area contributed by atoms with Crippen molar-refractivity contribution in [2.45, 2.75) is 374 Å². The standard InChI is InChI=1S/C69H128O6/c1-4-7-10-13-16-19-22-25-28-31-33-34-36-38-41-44-47-50-53-56-59-62-68(71)74-65-66(64-73-67(70)61-58-55-52-49-46-43-40-37-30-27-24-21-18-15-12-9-6-3)75-69(72)63-60-57-54-51-48-45-42-39-35-32-29-26-23-20-17-14-11-8-5-2/h26-27,29-31,33,66H,4-25,28,32,34-65H2,1-3H3/b29-26-,30-27-,33-31-. The summed E-state index contributed by atoms with van der Waals surface area (Å²) in [5, 5.41) is 0. The van der Waals surface area contributed by atoms with Gasteiger partial charge in [0.2, 0.25) is 0 Å². The van der Waals surface area contributed by atoms with Gasteiger partial charge in [0.15, 0.2) is 6.10 Å². The maximum Gasteiger partial charge on any atom is 0.306 e. The van der Waals surface area contributed by atoms with Gasteiger partial charge in [0.05, 0.1) is 0 Å². The zero-order chi connectivity index (χ0) is 54.3. The minimum atomic E-state index is -0.776. The molecule has 75 heavy (non-hydrogen) atoms. The van der Waals surface area contributed by atoms with Crippen molar-refractivity contribution in [2.24, 2.45) is 0 Å². The highest BCUT2D eigenvalue weighted by Crippen LogP contribution is 2.17. The van der Waals surface area contributed by atoms with E-state index in [2.05, 4.69) is 57.2 Å². The second kappa shape index (κ2) is 64.2. The Morgan fingerprint density at radius 3 is 0.667 bits per heavy atom. The first-order valence-electron chi connectivity index (χ1n) is 33.5. The fourth-order valence-electron chi connectivity index (χ4n) is 10.0. The lowest BCUT2D eigenvalue weighted by molar-refractivity contribution is -0.167. The van der Waals surface area contributed by atoms with Crippen LogP contribution in [0.5, 0.6) is 0 Å². The predicted molar refractivity (Wildman–Crippen MR) is 326 cm³/mol. The van der Waals surface area contributed by atoms with Gasteiger partial charge in [0.25, 0.3) is 0 Å². The van der Waals surface area contributed by atoms with E-state index >= 15 is 0 Å². The molecular formula is C69H128O6. The van der Waals surface area contributed by atoms with Crippen molar-refractivity contribution in [3.05, 3.63) is 36.5 Å². The SMILES string of the molecule is CCCCCCCC/C=C\CCCCCCCCCCCC(=O)OC(COC(=O)CCCCCCCCC/C=C\CCCCCCCC)COC(=O)CCCCCCCCCCC/C=C\CCCCCCCCCC. The Kier molecular flexibility index (Phi) is 62.1. The monoisotopic (exact) mass is 1050 g/mol. The predicted octanol–water partition coefficient (Wildman–Crippen LogP) is 22.8. The molecule has 0 bridgehead atoms. The van der Waals surface area contributed by atoms with Crippen LogP contribution in [-0.4, -0.2) is 37.2 Å². The van der Waals surface area contributed by atoms with Crippen LogP contribution in [-0.2, 0) is 28.6 Å². The van der Waals surface area contributed by atoms with E-state index in [-0.39, 0.29) is 31.1 Å². The van der Waals surface area contributed by atoms with Crippen LogP contribution in [0.15, 0.2) is 36.5 Å². The molecule has 0 aliphatic heterocycles. The number of carbonyl (C=O) groups excluding carboxylic acids is 3. The van der Waals surface area contributed by atoms with Crippen molar-refractivity contribution >= 4 is 17.9 Å². The molecule has 0 spiro atoms. The number of hydrogen-bond donors (Lipinski definition) is 0. The summed E-state index contributed by atoms with van der Waals surface area (Å²) < 4.78 is 17.0. The Morgan fingerprint density at radius 2 is 0.440 bits per heavy atom. The highest BCUT2D eigenvalue weighted by Gasteiger charge is 2.19. The normalized spacial score (nSPS) is 12.2. The van der Waals surface area contributed by atoms with Crippen LogP contribution >= 0.6 is 0 Å². The van der Waals surface area contributed by atoms with E-state index in [4.69, 9.17) is 14.2 Å². The summed E-state index contributed by atoms with van der Waals surface area (Å²) in [6.07, 6.45) is 78.6. The average molecular weight is 1050 g/mol. The molecule has 0 radical (unpaired) electrons. The molecule has 440 valence electrons. The molecule has 0 fully saturated rings. The Bertz CT molecular complexity index is 1250. The van der Waals surface area contributed by atoms with Gasteiger partial charge < -0.3 is 14.2 Å². The average Bonchev–Trinajstić information content (AvgIpc) is 3.41. The van der Waals surface area contributed by atoms with Gasteiger partial charge in [-0.3, -0.25) is 14.4 Å². The molecule has 0 heterocycles. The fraction of sp³-hybridized carbons (Fsp3) is 0.870. The quantitative estimate of drug-likeness (QED) is 0.0261. The zero-order valence-electron chi connectivity index (χ0n) is 50.6. The molecule has 6 heteroatoms. The summed E-state index contributed by atoms with van der Waals surface area (Å²) in [5.41, 5.74) is 0. The van der Waals surface area contributed by atoms with Crippen LogP contribution in [0, 0.1) is 0 Å². The number of allylic oxidation sites excluding steroid dienone is 6. The van der Waals surface area contributed by atoms with Gasteiger partial charge in [-0.25, -0.2) is 0 Å². The molecule has 0 amide bonds. The number of carbonyl (C=O) groups is 3. The van der Waals surface area contributed by atoms with E-state index in [1.165, 1.54) is 270 Å². The van der Waals surface area contributed by atoms with Crippen LogP contribution in [0.25, 0.3) is 0 Å². The summed E-state index contributed by atoms with van der Waals surface area (Å²) in [6, 6.07) is 0. The molecule has 0 aliphatic rings. The first-order valence-corrected chi connectivity index (χ1v) is 33.5. The van der Waals surface area contributed by atoms with Crippen LogP contribution in [0.1, 0.15) is 367 Å². The lowest BCUT2D eigenvalue weighted by Crippen LogP contribution is -2.30. The summed E-state index contributed by atoms with van der Waals surface area (Å²) in [7, 11) is 0. The van der Waals surface area contributed by atoms with Crippen LogP contribution in [0.2, 0.25) is 0 Å². The highest BCUT2D eigenvalue weighted by molar-refractivity contribution is 5.71. The van der Waals surface area contributed by atoms with Crippen LogP contribution < -0.4 is 0 Å². The largest absolute Gasteiger partial charge is 0.462 e. The summed E-state index contributed by atoms with van der Waals surface area (Å²) in [5.74, 6) is -0.856. The number of unbranched alkanes of at least 4 members (excludes halogenated alkanes) is 45. The van der Waals surface area contributed by atoms with Crippen LogP contribution in [0.3, 0.4) is 0 Å². The second-order valence-corrected chi connectivity index (χ2v) is 22.7. The third-order valence-corrected chi connectivity index (χ3v) is 15.1. The number of esters is 3. The molecule has 0 rings (SSSR count). The lowest BCUT2D eigenvalue weighted by atomic mass is 10.1. The van der Waals surface area contributed by atoms with Crippen molar-refractivity contribution < 1.29 is 28.6 Å². The first-order chi connectivity index (χ1) is 37.0. The molecule has 6 nitrogen and oxygen atoms in total. The second-order valence-electron chi connectivity index (χ2n) is 22.7. The van der Waals surface area contributed by atoms with Gasteiger partial charge in [0, 0.05) is 19.3 Å². The van der Waals surface area contributed by atoms with Crippen molar-refractivity contribution in [2.75, 3.05) is 13.2 Å². The smallest absolute Gasteiger partial charge is 0.306 e. The van der Waals surface area contributed by atoms with E-state index in [9.17, 15) is 14.4 Å². The maximum atomic E-state index is 12.9. The highest BCUT2D eigenvalue weighted by atomic mass is 16.6. The maximum absolute atomic E-state index is 12.9. The van der Waals surface area contributed by atoms with E-state index in [1.807, 2.05) is 0 Å². The number of hydrogen-bond acceptors (Lipinski definition) is 6. The van der Waals surface area contributed by atoms with Gasteiger partial charge in [-0.2, -0.15) is 0 Å². The zero-order valence-corrected chi connectivity index (χ0v) is 50.6. The van der Waals surface area contributed by atoms with E-state index < -0.39 is 6.10 Å². The molecule has 0 aliphatic carbocycles. The Balaban J connectivity index is 4.33. The Hall–Kier alpha value is -2.37. The summed E-state index contributed by atoms with van der Waals surface area (Å²) >= 11 is 0. The molecule has 0 aromatic carbocycles. The van der Waals surface area contributed by atoms with E-state index in [0.717, 1.165) is 57.8 Å². The Morgan fingerprint density at radius 1 is 0.253 bits per heavy atom. The number of rotatable bonds is 62. The first kappa shape index (κ1) is 72.6. The molecule has 0 saturated heterocycles. The molecule has 1 atom stereocenters. The molecule has 0 saturated carbocycles. The van der Waals surface area contributed by atoms with Crippen molar-refractivity contribution in [3.63, 3.8) is 0 Å². The van der Waals surface area contributed by atoms with E-state index in [1.54, 1.807) is 0 Å². The van der Waals surface area contributed by atoms with E-state index in [0.29, 0.717) is 19.3 Å². The molecule has 0 aromatic rings. The topological polar surface area (TPSA) is 78.9 Å². The molecular weight excluding hydrogens is 925 g/mol. The third-order valence-electron chi connectivity index (χ3n) is 15.1. The Labute approximate surface area is 467 Å². The summed E-state index contributed by atoms with van der Waals surface area (Å²) in [6.45, 7) is 6.69. The minimum Gasteiger partial charge on any atom is -0.462 e. The van der Waals surface area contributed by atoms with Crippen molar-refractivity contribution in [1.82, 2.24) is 0 Å². The van der Waals surface area contributed by atoms with Gasteiger partial charge in [-0.1, -0.05) is 288 Å². The van der Waals surface area contributed by atoms with Crippen LogP contribution in [0.4, 0.5) is 0 Å². The van der Waals surface area contributed by atoms with Crippen molar-refractivity contribution in [3.8, 4) is 0 Å². The third kappa shape index (κ3) is 62.4. The molecule has 0 aromatic heterocycles. The minimum absolute atomic E-state index is 0.0721. The molecule has 1 unspecified atom stereocenters.